The number of hydrogen-bond acceptors (Lipinski definition) is 3. The number of ether oxygens (including phenoxy) is 2. The number of aliphatic carboxylic acids is 1. The molecule has 2 aliphatic rings. The van der Waals surface area contributed by atoms with Gasteiger partial charge in [-0.3, -0.25) is 0 Å². The first-order chi connectivity index (χ1) is 9.65. The zero-order chi connectivity index (χ0) is 14.4. The van der Waals surface area contributed by atoms with Crippen molar-refractivity contribution in [3.8, 4) is 0 Å². The van der Waals surface area contributed by atoms with Crippen LogP contribution in [0.15, 0.2) is 59.6 Å². The Balaban J connectivity index is 1.95. The second-order valence-corrected chi connectivity index (χ2v) is 4.62. The zero-order valence-corrected chi connectivity index (χ0v) is 11.4. The van der Waals surface area contributed by atoms with Crippen molar-refractivity contribution in [1.29, 1.82) is 0 Å². The normalized spacial score (nSPS) is 17.4. The van der Waals surface area contributed by atoms with Crippen LogP contribution in [-0.4, -0.2) is 17.4 Å². The molecule has 1 N–H and O–H groups in total. The average Bonchev–Trinajstić information content (AvgIpc) is 3.08. The van der Waals surface area contributed by atoms with Crippen LogP contribution in [-0.2, 0) is 14.3 Å². The van der Waals surface area contributed by atoms with Crippen molar-refractivity contribution in [2.24, 2.45) is 0 Å². The molecule has 0 aromatic rings. The maximum Gasteiger partial charge on any atom is 0.330 e. The molecule has 2 rings (SSSR count). The number of carboxylic acids is 1. The van der Waals surface area contributed by atoms with Crippen LogP contribution in [0.5, 0.6) is 0 Å². The molecule has 0 spiro atoms. The van der Waals surface area contributed by atoms with E-state index in [0.717, 1.165) is 24.4 Å². The summed E-state index contributed by atoms with van der Waals surface area (Å²) in [6, 6.07) is 0. The van der Waals surface area contributed by atoms with Crippen molar-refractivity contribution in [3.05, 3.63) is 59.6 Å². The first kappa shape index (κ1) is 14.2. The molecule has 0 saturated carbocycles. The van der Waals surface area contributed by atoms with E-state index < -0.39 is 12.3 Å². The Kier molecular flexibility index (Phi) is 4.82. The van der Waals surface area contributed by atoms with E-state index in [1.165, 1.54) is 0 Å². The van der Waals surface area contributed by atoms with Crippen LogP contribution in [0.1, 0.15) is 26.2 Å². The predicted molar refractivity (Wildman–Crippen MR) is 75.6 cm³/mol. The van der Waals surface area contributed by atoms with E-state index >= 15 is 0 Å². The molecule has 0 aromatic carbocycles. The van der Waals surface area contributed by atoms with Gasteiger partial charge in [-0.05, 0) is 19.1 Å². The summed E-state index contributed by atoms with van der Waals surface area (Å²) in [4.78, 5) is 10.8. The molecule has 0 bridgehead atoms. The third-order valence-corrected chi connectivity index (χ3v) is 2.99. The van der Waals surface area contributed by atoms with Crippen molar-refractivity contribution < 1.29 is 19.4 Å². The summed E-state index contributed by atoms with van der Waals surface area (Å²) in [5.41, 5.74) is 0.291. The number of allylic oxidation sites excluding steroid dienone is 6. The monoisotopic (exact) mass is 274 g/mol. The standard InChI is InChI=1S/C16H18O4/c1-12(16(17)18)10-11-15(19-13-6-2-3-7-13)20-14-8-4-5-9-14/h2-6,8,10,15H,7,9,11H2,1H3,(H,17,18). The van der Waals surface area contributed by atoms with Crippen LogP contribution in [0.3, 0.4) is 0 Å². The molecule has 4 heteroatoms. The van der Waals surface area contributed by atoms with Gasteiger partial charge in [-0.1, -0.05) is 30.4 Å². The maximum absolute atomic E-state index is 10.8. The van der Waals surface area contributed by atoms with E-state index in [-0.39, 0.29) is 0 Å². The lowest BCUT2D eigenvalue weighted by atomic mass is 10.2. The van der Waals surface area contributed by atoms with E-state index in [0.29, 0.717) is 12.0 Å². The first-order valence-corrected chi connectivity index (χ1v) is 6.60. The van der Waals surface area contributed by atoms with Gasteiger partial charge in [0, 0.05) is 24.8 Å². The molecule has 0 aromatic heterocycles. The van der Waals surface area contributed by atoms with Crippen LogP contribution in [0, 0.1) is 0 Å². The van der Waals surface area contributed by atoms with Gasteiger partial charge < -0.3 is 14.6 Å². The molecule has 0 atom stereocenters. The van der Waals surface area contributed by atoms with Crippen molar-refractivity contribution in [2.45, 2.75) is 32.5 Å². The average molecular weight is 274 g/mol. The fourth-order valence-electron chi connectivity index (χ4n) is 1.85. The Morgan fingerprint density at radius 1 is 1.25 bits per heavy atom. The minimum atomic E-state index is -0.924. The van der Waals surface area contributed by atoms with Crippen LogP contribution in [0.25, 0.3) is 0 Å². The summed E-state index contributed by atoms with van der Waals surface area (Å²) >= 11 is 0. The number of carboxylic acid groups (broad SMARTS) is 1. The Bertz CT molecular complexity index is 489. The quantitative estimate of drug-likeness (QED) is 0.570. The van der Waals surface area contributed by atoms with Gasteiger partial charge in [0.15, 0.2) is 0 Å². The second kappa shape index (κ2) is 6.80. The third kappa shape index (κ3) is 4.16. The summed E-state index contributed by atoms with van der Waals surface area (Å²) in [6.07, 6.45) is 14.7. The highest BCUT2D eigenvalue weighted by Gasteiger charge is 2.16. The van der Waals surface area contributed by atoms with Crippen molar-refractivity contribution in [2.75, 3.05) is 0 Å². The smallest absolute Gasteiger partial charge is 0.330 e. The minimum absolute atomic E-state index is 0.291. The lowest BCUT2D eigenvalue weighted by Crippen LogP contribution is -2.16. The fraction of sp³-hybridized carbons (Fsp3) is 0.312. The van der Waals surface area contributed by atoms with E-state index in [1.807, 2.05) is 36.5 Å². The lowest BCUT2D eigenvalue weighted by molar-refractivity contribution is -0.132. The number of carbonyl (C=O) groups is 1. The van der Waals surface area contributed by atoms with E-state index in [2.05, 4.69) is 0 Å². The summed E-state index contributed by atoms with van der Waals surface area (Å²) in [6.45, 7) is 1.56. The molecular formula is C16H18O4. The molecule has 20 heavy (non-hydrogen) atoms. The molecule has 0 radical (unpaired) electrons. The van der Waals surface area contributed by atoms with Crippen molar-refractivity contribution >= 4 is 5.97 Å². The van der Waals surface area contributed by atoms with Gasteiger partial charge in [0.05, 0.1) is 0 Å². The lowest BCUT2D eigenvalue weighted by Gasteiger charge is -2.21. The highest BCUT2D eigenvalue weighted by Crippen LogP contribution is 2.22. The van der Waals surface area contributed by atoms with Crippen molar-refractivity contribution in [3.63, 3.8) is 0 Å². The van der Waals surface area contributed by atoms with Gasteiger partial charge in [-0.25, -0.2) is 4.79 Å². The summed E-state index contributed by atoms with van der Waals surface area (Å²) < 4.78 is 11.5. The molecule has 0 heterocycles. The van der Waals surface area contributed by atoms with Crippen LogP contribution < -0.4 is 0 Å². The van der Waals surface area contributed by atoms with Gasteiger partial charge >= 0.3 is 5.97 Å². The maximum atomic E-state index is 10.8. The summed E-state index contributed by atoms with van der Waals surface area (Å²) in [7, 11) is 0. The molecule has 0 saturated heterocycles. The largest absolute Gasteiger partial charge is 0.478 e. The third-order valence-electron chi connectivity index (χ3n) is 2.99. The summed E-state index contributed by atoms with van der Waals surface area (Å²) in [5, 5.41) is 8.87. The van der Waals surface area contributed by atoms with Crippen LogP contribution in [0.4, 0.5) is 0 Å². The molecule has 0 unspecified atom stereocenters. The van der Waals surface area contributed by atoms with Crippen LogP contribution >= 0.6 is 0 Å². The Hall–Kier alpha value is -2.23. The Morgan fingerprint density at radius 2 is 1.80 bits per heavy atom. The second-order valence-electron chi connectivity index (χ2n) is 4.62. The zero-order valence-electron chi connectivity index (χ0n) is 11.4. The molecular weight excluding hydrogens is 256 g/mol. The minimum Gasteiger partial charge on any atom is -0.478 e. The molecule has 0 amide bonds. The Morgan fingerprint density at radius 3 is 2.20 bits per heavy atom. The highest BCUT2D eigenvalue weighted by atomic mass is 16.7. The first-order valence-electron chi connectivity index (χ1n) is 6.60. The number of rotatable bonds is 7. The van der Waals surface area contributed by atoms with Gasteiger partial charge in [0.25, 0.3) is 0 Å². The highest BCUT2D eigenvalue weighted by molar-refractivity contribution is 5.85. The topological polar surface area (TPSA) is 55.8 Å². The van der Waals surface area contributed by atoms with Gasteiger partial charge in [-0.15, -0.1) is 0 Å². The SMILES string of the molecule is CC(=CCC(OC1=CC=CC1)OC1=CC=CC1)C(=O)O. The van der Waals surface area contributed by atoms with Gasteiger partial charge in [-0.2, -0.15) is 0 Å². The van der Waals surface area contributed by atoms with Gasteiger partial charge in [0.1, 0.15) is 11.5 Å². The predicted octanol–water partition coefficient (Wildman–Crippen LogP) is 3.45. The van der Waals surface area contributed by atoms with Gasteiger partial charge in [0.2, 0.25) is 6.29 Å². The van der Waals surface area contributed by atoms with E-state index in [9.17, 15) is 4.79 Å². The molecule has 0 fully saturated rings. The molecule has 4 nitrogen and oxygen atoms in total. The summed E-state index contributed by atoms with van der Waals surface area (Å²) in [5.74, 6) is 0.748. The molecule has 106 valence electrons. The molecule has 2 aliphatic carbocycles. The van der Waals surface area contributed by atoms with E-state index in [1.54, 1.807) is 13.0 Å². The number of hydrogen-bond donors (Lipinski definition) is 1. The Labute approximate surface area is 118 Å². The van der Waals surface area contributed by atoms with E-state index in [4.69, 9.17) is 14.6 Å². The fourth-order valence-corrected chi connectivity index (χ4v) is 1.85. The van der Waals surface area contributed by atoms with Crippen molar-refractivity contribution in [1.82, 2.24) is 0 Å². The molecule has 0 aliphatic heterocycles. The van der Waals surface area contributed by atoms with Crippen LogP contribution in [0.2, 0.25) is 0 Å².